The molecule has 2 aromatic carbocycles. The molecular formula is C17H15N3O5S. The lowest BCUT2D eigenvalue weighted by Crippen LogP contribution is -2.35. The number of carbonyl (C=O) groups is 3. The first kappa shape index (κ1) is 17.6. The Morgan fingerprint density at radius 2 is 1.50 bits per heavy atom. The highest BCUT2D eigenvalue weighted by molar-refractivity contribution is 7.92. The third-order valence-electron chi connectivity index (χ3n) is 3.92. The molecule has 0 atom stereocenters. The Bertz CT molecular complexity index is 982. The first-order valence-electron chi connectivity index (χ1n) is 7.65. The van der Waals surface area contributed by atoms with Crippen molar-refractivity contribution >= 4 is 33.4 Å². The second kappa shape index (κ2) is 6.60. The zero-order valence-corrected chi connectivity index (χ0v) is 14.3. The zero-order chi connectivity index (χ0) is 18.9. The lowest BCUT2D eigenvalue weighted by molar-refractivity contribution is 0.0663. The number of fused-ring (bicyclic) bond motifs is 1. The van der Waals surface area contributed by atoms with Crippen molar-refractivity contribution < 1.29 is 22.8 Å². The smallest absolute Gasteiger partial charge is 0.261 e. The number of carbonyl (C=O) groups excluding carboxylic acids is 3. The number of sulfonamides is 1. The summed E-state index contributed by atoms with van der Waals surface area (Å²) >= 11 is 0. The number of nitrogens with one attached hydrogen (secondary N) is 1. The van der Waals surface area contributed by atoms with Crippen molar-refractivity contribution in [2.75, 3.05) is 17.0 Å². The van der Waals surface area contributed by atoms with E-state index in [1.807, 2.05) is 0 Å². The number of hydrogen-bond acceptors (Lipinski definition) is 5. The van der Waals surface area contributed by atoms with Gasteiger partial charge in [0, 0.05) is 6.54 Å². The number of para-hydroxylation sites is 1. The zero-order valence-electron chi connectivity index (χ0n) is 13.5. The van der Waals surface area contributed by atoms with Crippen LogP contribution in [0.1, 0.15) is 31.1 Å². The highest BCUT2D eigenvalue weighted by Crippen LogP contribution is 2.22. The molecule has 26 heavy (non-hydrogen) atoms. The topological polar surface area (TPSA) is 127 Å². The van der Waals surface area contributed by atoms with E-state index in [9.17, 15) is 22.8 Å². The van der Waals surface area contributed by atoms with Crippen molar-refractivity contribution in [1.82, 2.24) is 4.90 Å². The summed E-state index contributed by atoms with van der Waals surface area (Å²) in [5.74, 6) is -2.34. The second-order valence-electron chi connectivity index (χ2n) is 5.64. The van der Waals surface area contributed by atoms with Crippen LogP contribution in [-0.2, 0) is 10.0 Å². The van der Waals surface area contributed by atoms with Crippen molar-refractivity contribution in [2.24, 2.45) is 5.73 Å². The molecule has 3 amide bonds. The fourth-order valence-electron chi connectivity index (χ4n) is 2.66. The predicted molar refractivity (Wildman–Crippen MR) is 94.2 cm³/mol. The van der Waals surface area contributed by atoms with Crippen LogP contribution in [0.15, 0.2) is 48.5 Å². The fraction of sp³-hybridized carbons (Fsp3) is 0.118. The molecule has 0 saturated carbocycles. The minimum Gasteiger partial charge on any atom is -0.366 e. The van der Waals surface area contributed by atoms with Gasteiger partial charge >= 0.3 is 0 Å². The largest absolute Gasteiger partial charge is 0.366 e. The molecule has 2 aromatic rings. The number of anilines is 1. The summed E-state index contributed by atoms with van der Waals surface area (Å²) in [5, 5.41) is 0. The monoisotopic (exact) mass is 373 g/mol. The lowest BCUT2D eigenvalue weighted by atomic mass is 10.1. The van der Waals surface area contributed by atoms with Gasteiger partial charge in [-0.15, -0.1) is 0 Å². The highest BCUT2D eigenvalue weighted by Gasteiger charge is 2.35. The van der Waals surface area contributed by atoms with E-state index in [1.54, 1.807) is 24.3 Å². The molecule has 0 saturated heterocycles. The van der Waals surface area contributed by atoms with Gasteiger partial charge in [0.05, 0.1) is 28.1 Å². The van der Waals surface area contributed by atoms with Gasteiger partial charge in [0.2, 0.25) is 10.0 Å². The number of hydrogen-bond donors (Lipinski definition) is 2. The molecule has 0 aliphatic carbocycles. The summed E-state index contributed by atoms with van der Waals surface area (Å²) in [5.41, 5.74) is 5.79. The summed E-state index contributed by atoms with van der Waals surface area (Å²) in [4.78, 5) is 36.8. The Kier molecular flexibility index (Phi) is 4.47. The first-order valence-corrected chi connectivity index (χ1v) is 9.30. The quantitative estimate of drug-likeness (QED) is 0.725. The fourth-order valence-corrected chi connectivity index (χ4v) is 3.70. The van der Waals surface area contributed by atoms with Crippen LogP contribution < -0.4 is 10.5 Å². The molecule has 1 heterocycles. The third kappa shape index (κ3) is 3.29. The van der Waals surface area contributed by atoms with Gasteiger partial charge in [-0.1, -0.05) is 24.3 Å². The molecule has 1 aliphatic rings. The third-order valence-corrected chi connectivity index (χ3v) is 5.17. The Labute approximate surface area is 149 Å². The van der Waals surface area contributed by atoms with Crippen LogP contribution in [0.4, 0.5) is 5.69 Å². The Balaban J connectivity index is 1.73. The summed E-state index contributed by atoms with van der Waals surface area (Å²) < 4.78 is 26.9. The molecule has 9 heteroatoms. The first-order chi connectivity index (χ1) is 12.3. The maximum atomic E-state index is 12.3. The minimum absolute atomic E-state index is 0.0248. The molecule has 0 bridgehead atoms. The number of benzene rings is 2. The Hall–Kier alpha value is -3.20. The van der Waals surface area contributed by atoms with Crippen molar-refractivity contribution in [3.8, 4) is 0 Å². The Morgan fingerprint density at radius 1 is 0.962 bits per heavy atom. The number of imide groups is 1. The molecule has 0 unspecified atom stereocenters. The van der Waals surface area contributed by atoms with Gasteiger partial charge in [0.1, 0.15) is 0 Å². The molecule has 1 aliphatic heterocycles. The molecular weight excluding hydrogens is 358 g/mol. The van der Waals surface area contributed by atoms with Crippen molar-refractivity contribution in [2.45, 2.75) is 0 Å². The molecule has 0 radical (unpaired) electrons. The van der Waals surface area contributed by atoms with Gasteiger partial charge in [-0.2, -0.15) is 0 Å². The number of rotatable bonds is 6. The standard InChI is InChI=1S/C17H15N3O5S/c18-15(21)13-7-3-4-8-14(13)19-26(24,25)10-9-20-16(22)11-5-1-2-6-12(11)17(20)23/h1-8,19H,9-10H2,(H2,18,21). The average molecular weight is 373 g/mol. The van der Waals surface area contributed by atoms with E-state index in [0.29, 0.717) is 0 Å². The van der Waals surface area contributed by atoms with Crippen LogP contribution in [0.25, 0.3) is 0 Å². The average Bonchev–Trinajstić information content (AvgIpc) is 2.84. The van der Waals surface area contributed by atoms with Crippen LogP contribution in [0, 0.1) is 0 Å². The van der Waals surface area contributed by atoms with Gasteiger partial charge in [0.15, 0.2) is 0 Å². The maximum absolute atomic E-state index is 12.3. The van der Waals surface area contributed by atoms with E-state index in [0.717, 1.165) is 4.90 Å². The van der Waals surface area contributed by atoms with Gasteiger partial charge in [-0.3, -0.25) is 24.0 Å². The molecule has 0 spiro atoms. The molecule has 134 valence electrons. The molecule has 0 aromatic heterocycles. The number of amides is 3. The molecule has 3 rings (SSSR count). The molecule has 3 N–H and O–H groups in total. The molecule has 0 fully saturated rings. The summed E-state index contributed by atoms with van der Waals surface area (Å²) in [6, 6.07) is 12.2. The predicted octanol–water partition coefficient (Wildman–Crippen LogP) is 0.823. The van der Waals surface area contributed by atoms with Crippen molar-refractivity contribution in [3.63, 3.8) is 0 Å². The van der Waals surface area contributed by atoms with Gasteiger partial charge < -0.3 is 5.73 Å². The van der Waals surface area contributed by atoms with Crippen LogP contribution in [0.2, 0.25) is 0 Å². The van der Waals surface area contributed by atoms with E-state index < -0.39 is 33.5 Å². The van der Waals surface area contributed by atoms with Gasteiger partial charge in [-0.05, 0) is 24.3 Å². The molecule has 8 nitrogen and oxygen atoms in total. The van der Waals surface area contributed by atoms with Crippen LogP contribution in [0.3, 0.4) is 0 Å². The van der Waals surface area contributed by atoms with E-state index in [1.165, 1.54) is 24.3 Å². The normalized spacial score (nSPS) is 13.6. The van der Waals surface area contributed by atoms with E-state index in [2.05, 4.69) is 4.72 Å². The van der Waals surface area contributed by atoms with E-state index in [-0.39, 0.29) is 28.9 Å². The SMILES string of the molecule is NC(=O)c1ccccc1NS(=O)(=O)CCN1C(=O)c2ccccc2C1=O. The van der Waals surface area contributed by atoms with E-state index >= 15 is 0 Å². The summed E-state index contributed by atoms with van der Waals surface area (Å²) in [6.45, 7) is -0.305. The van der Waals surface area contributed by atoms with E-state index in [4.69, 9.17) is 5.73 Å². The van der Waals surface area contributed by atoms with Crippen molar-refractivity contribution in [1.29, 1.82) is 0 Å². The number of primary amides is 1. The lowest BCUT2D eigenvalue weighted by Gasteiger charge is -2.15. The van der Waals surface area contributed by atoms with Crippen LogP contribution in [0.5, 0.6) is 0 Å². The van der Waals surface area contributed by atoms with Gasteiger partial charge in [0.25, 0.3) is 17.7 Å². The highest BCUT2D eigenvalue weighted by atomic mass is 32.2. The minimum atomic E-state index is -3.92. The van der Waals surface area contributed by atoms with Gasteiger partial charge in [-0.25, -0.2) is 8.42 Å². The maximum Gasteiger partial charge on any atom is 0.261 e. The van der Waals surface area contributed by atoms with Crippen molar-refractivity contribution in [3.05, 3.63) is 65.2 Å². The Morgan fingerprint density at radius 3 is 2.08 bits per heavy atom. The van der Waals surface area contributed by atoms with Crippen LogP contribution >= 0.6 is 0 Å². The van der Waals surface area contributed by atoms with Crippen LogP contribution in [-0.4, -0.2) is 43.3 Å². The number of nitrogens with two attached hydrogens (primary N) is 1. The summed E-state index contributed by atoms with van der Waals surface area (Å²) in [7, 11) is -3.92. The summed E-state index contributed by atoms with van der Waals surface area (Å²) in [6.07, 6.45) is 0. The second-order valence-corrected chi connectivity index (χ2v) is 7.48. The number of nitrogens with zero attached hydrogens (tertiary/aromatic N) is 1.